The van der Waals surface area contributed by atoms with Crippen molar-refractivity contribution in [3.8, 4) is 0 Å². The second-order valence-corrected chi connectivity index (χ2v) is 6.01. The van der Waals surface area contributed by atoms with Crippen LogP contribution >= 0.6 is 34.7 Å². The SMILES string of the molecule is CCSCC(C)Nc1nc(Cl)c(C(=O)OC)s1. The summed E-state index contributed by atoms with van der Waals surface area (Å²) in [7, 11) is 1.33. The Kier molecular flexibility index (Phi) is 6.08. The molecular formula is C10H15ClN2O2S2. The molecule has 0 radical (unpaired) electrons. The maximum atomic E-state index is 11.3. The van der Waals surface area contributed by atoms with E-state index in [1.165, 1.54) is 18.4 Å². The average Bonchev–Trinajstić information content (AvgIpc) is 2.66. The van der Waals surface area contributed by atoms with Gasteiger partial charge in [0.05, 0.1) is 7.11 Å². The van der Waals surface area contributed by atoms with E-state index in [0.717, 1.165) is 11.5 Å². The van der Waals surface area contributed by atoms with Gasteiger partial charge in [0.25, 0.3) is 0 Å². The van der Waals surface area contributed by atoms with Gasteiger partial charge in [0.1, 0.15) is 0 Å². The molecule has 0 saturated carbocycles. The molecule has 0 bridgehead atoms. The number of esters is 1. The van der Waals surface area contributed by atoms with E-state index in [2.05, 4.69) is 28.9 Å². The number of hydrogen-bond donors (Lipinski definition) is 1. The molecular weight excluding hydrogens is 280 g/mol. The summed E-state index contributed by atoms with van der Waals surface area (Å²) in [6.07, 6.45) is 0. The highest BCUT2D eigenvalue weighted by atomic mass is 35.5. The molecule has 1 N–H and O–H groups in total. The quantitative estimate of drug-likeness (QED) is 0.817. The third kappa shape index (κ3) is 4.37. The summed E-state index contributed by atoms with van der Waals surface area (Å²) in [5, 5.41) is 4.06. The number of thiazole rings is 1. The Morgan fingerprint density at radius 1 is 1.71 bits per heavy atom. The van der Waals surface area contributed by atoms with E-state index in [-0.39, 0.29) is 11.2 Å². The summed E-state index contributed by atoms with van der Waals surface area (Å²) in [6, 6.07) is 0.285. The van der Waals surface area contributed by atoms with Crippen LogP contribution in [0.15, 0.2) is 0 Å². The number of nitrogens with zero attached hydrogens (tertiary/aromatic N) is 1. The van der Waals surface area contributed by atoms with E-state index in [1.807, 2.05) is 11.8 Å². The zero-order chi connectivity index (χ0) is 12.8. The van der Waals surface area contributed by atoms with Crippen molar-refractivity contribution in [2.24, 2.45) is 0 Å². The van der Waals surface area contributed by atoms with Crippen molar-refractivity contribution in [1.29, 1.82) is 0 Å². The first-order valence-electron chi connectivity index (χ1n) is 5.17. The Hall–Kier alpha value is -0.460. The molecule has 17 heavy (non-hydrogen) atoms. The zero-order valence-electron chi connectivity index (χ0n) is 9.95. The molecule has 0 aliphatic heterocycles. The summed E-state index contributed by atoms with van der Waals surface area (Å²) >= 11 is 8.92. The molecule has 0 aromatic carbocycles. The number of hydrogen-bond acceptors (Lipinski definition) is 6. The number of aromatic nitrogens is 1. The molecule has 0 aliphatic carbocycles. The van der Waals surface area contributed by atoms with Gasteiger partial charge in [-0.25, -0.2) is 9.78 Å². The summed E-state index contributed by atoms with van der Waals surface area (Å²) < 4.78 is 4.62. The van der Waals surface area contributed by atoms with Crippen LogP contribution in [0.1, 0.15) is 23.5 Å². The molecule has 1 aromatic heterocycles. The molecule has 1 atom stereocenters. The van der Waals surface area contributed by atoms with Gasteiger partial charge in [-0.05, 0) is 12.7 Å². The van der Waals surface area contributed by atoms with Crippen molar-refractivity contribution in [2.45, 2.75) is 19.9 Å². The lowest BCUT2D eigenvalue weighted by molar-refractivity contribution is 0.0606. The first-order valence-corrected chi connectivity index (χ1v) is 7.52. The number of ether oxygens (including phenoxy) is 1. The molecule has 96 valence electrons. The van der Waals surface area contributed by atoms with Crippen LogP contribution in [0.3, 0.4) is 0 Å². The number of thioether (sulfide) groups is 1. The normalized spacial score (nSPS) is 12.2. The Labute approximate surface area is 114 Å². The second-order valence-electron chi connectivity index (χ2n) is 3.34. The Balaban J connectivity index is 2.63. The lowest BCUT2D eigenvalue weighted by atomic mass is 10.4. The van der Waals surface area contributed by atoms with E-state index in [0.29, 0.717) is 10.0 Å². The van der Waals surface area contributed by atoms with Crippen LogP contribution in [0.5, 0.6) is 0 Å². The number of methoxy groups -OCH3 is 1. The number of carbonyl (C=O) groups is 1. The highest BCUT2D eigenvalue weighted by Gasteiger charge is 2.17. The van der Waals surface area contributed by atoms with Crippen LogP contribution in [0.2, 0.25) is 5.15 Å². The van der Waals surface area contributed by atoms with E-state index in [1.54, 1.807) is 0 Å². The van der Waals surface area contributed by atoms with Gasteiger partial charge in [-0.3, -0.25) is 0 Å². The maximum Gasteiger partial charge on any atom is 0.351 e. The smallest absolute Gasteiger partial charge is 0.351 e. The molecule has 0 spiro atoms. The van der Waals surface area contributed by atoms with E-state index < -0.39 is 5.97 Å². The van der Waals surface area contributed by atoms with Crippen LogP contribution in [0, 0.1) is 0 Å². The Bertz CT molecular complexity index is 384. The summed E-state index contributed by atoms with van der Waals surface area (Å²) in [5.74, 6) is 1.62. The van der Waals surface area contributed by atoms with Gasteiger partial charge < -0.3 is 10.1 Å². The largest absolute Gasteiger partial charge is 0.465 e. The average molecular weight is 295 g/mol. The molecule has 1 heterocycles. The fourth-order valence-corrected chi connectivity index (χ4v) is 3.02. The van der Waals surface area contributed by atoms with E-state index in [9.17, 15) is 4.79 Å². The van der Waals surface area contributed by atoms with Crippen molar-refractivity contribution < 1.29 is 9.53 Å². The molecule has 0 amide bonds. The maximum absolute atomic E-state index is 11.3. The molecule has 0 fully saturated rings. The number of nitrogens with one attached hydrogen (secondary N) is 1. The molecule has 4 nitrogen and oxygen atoms in total. The van der Waals surface area contributed by atoms with Crippen LogP contribution in [0.4, 0.5) is 5.13 Å². The van der Waals surface area contributed by atoms with Gasteiger partial charge >= 0.3 is 5.97 Å². The number of halogens is 1. The van der Waals surface area contributed by atoms with Crippen LogP contribution < -0.4 is 5.32 Å². The molecule has 1 unspecified atom stereocenters. The summed E-state index contributed by atoms with van der Waals surface area (Å²) in [6.45, 7) is 4.18. The van der Waals surface area contributed by atoms with E-state index >= 15 is 0 Å². The topological polar surface area (TPSA) is 51.2 Å². The molecule has 1 rings (SSSR count). The highest BCUT2D eigenvalue weighted by molar-refractivity contribution is 7.99. The van der Waals surface area contributed by atoms with Gasteiger partial charge in [-0.15, -0.1) is 0 Å². The van der Waals surface area contributed by atoms with Gasteiger partial charge in [-0.1, -0.05) is 29.9 Å². The van der Waals surface area contributed by atoms with Crippen molar-refractivity contribution in [1.82, 2.24) is 4.98 Å². The third-order valence-corrected chi connectivity index (χ3v) is 4.39. The lowest BCUT2D eigenvalue weighted by Crippen LogP contribution is -2.17. The molecule has 1 aromatic rings. The van der Waals surface area contributed by atoms with Crippen LogP contribution in [-0.2, 0) is 4.74 Å². The summed E-state index contributed by atoms with van der Waals surface area (Å²) in [4.78, 5) is 15.8. The van der Waals surface area contributed by atoms with Crippen LogP contribution in [0.25, 0.3) is 0 Å². The van der Waals surface area contributed by atoms with Crippen molar-refractivity contribution in [2.75, 3.05) is 23.9 Å². The Morgan fingerprint density at radius 2 is 2.41 bits per heavy atom. The molecule has 0 aliphatic rings. The van der Waals surface area contributed by atoms with Gasteiger partial charge in [0.15, 0.2) is 15.2 Å². The van der Waals surface area contributed by atoms with Crippen molar-refractivity contribution >= 4 is 45.8 Å². The van der Waals surface area contributed by atoms with Gasteiger partial charge in [0.2, 0.25) is 0 Å². The summed E-state index contributed by atoms with van der Waals surface area (Å²) in [5.41, 5.74) is 0. The lowest BCUT2D eigenvalue weighted by Gasteiger charge is -2.11. The van der Waals surface area contributed by atoms with Gasteiger partial charge in [0, 0.05) is 11.8 Å². The Morgan fingerprint density at radius 3 is 3.00 bits per heavy atom. The number of carbonyl (C=O) groups excluding carboxylic acids is 1. The molecule has 7 heteroatoms. The minimum atomic E-state index is -0.448. The fourth-order valence-electron chi connectivity index (χ4n) is 1.13. The van der Waals surface area contributed by atoms with Crippen LogP contribution in [-0.4, -0.2) is 35.6 Å². The van der Waals surface area contributed by atoms with Crippen molar-refractivity contribution in [3.05, 3.63) is 10.0 Å². The third-order valence-electron chi connectivity index (χ3n) is 1.90. The van der Waals surface area contributed by atoms with Gasteiger partial charge in [-0.2, -0.15) is 11.8 Å². The highest BCUT2D eigenvalue weighted by Crippen LogP contribution is 2.28. The first-order chi connectivity index (χ1) is 8.08. The number of rotatable bonds is 6. The number of anilines is 1. The first kappa shape index (κ1) is 14.6. The zero-order valence-corrected chi connectivity index (χ0v) is 12.3. The fraction of sp³-hybridized carbons (Fsp3) is 0.600. The molecule has 0 saturated heterocycles. The van der Waals surface area contributed by atoms with Crippen molar-refractivity contribution in [3.63, 3.8) is 0 Å². The predicted octanol–water partition coefficient (Wildman–Crippen LogP) is 3.14. The van der Waals surface area contributed by atoms with E-state index in [4.69, 9.17) is 11.6 Å². The minimum Gasteiger partial charge on any atom is -0.465 e. The predicted molar refractivity (Wildman–Crippen MR) is 74.5 cm³/mol. The standard InChI is InChI=1S/C10H15ClN2O2S2/c1-4-16-5-6(2)12-10-13-8(11)7(17-10)9(14)15-3/h6H,4-5H2,1-3H3,(H,12,13). The monoisotopic (exact) mass is 294 g/mol. The minimum absolute atomic E-state index is 0.194. The second kappa shape index (κ2) is 7.08.